The number of nitrogens with zero attached hydrogens (tertiary/aromatic N) is 1. The summed E-state index contributed by atoms with van der Waals surface area (Å²) in [6.45, 7) is 3.77. The summed E-state index contributed by atoms with van der Waals surface area (Å²) in [7, 11) is 1.78. The number of aromatic nitrogens is 1. The van der Waals surface area contributed by atoms with Crippen LogP contribution in [0.4, 0.5) is 0 Å². The zero-order valence-electron chi connectivity index (χ0n) is 10.4. The predicted molar refractivity (Wildman–Crippen MR) is 63.9 cm³/mol. The summed E-state index contributed by atoms with van der Waals surface area (Å²) >= 11 is 0. The number of aryl methyl sites for hydroxylation is 1. The molecule has 94 valence electrons. The predicted octanol–water partition coefficient (Wildman–Crippen LogP) is 1.32. The second-order valence-electron chi connectivity index (χ2n) is 4.07. The summed E-state index contributed by atoms with van der Waals surface area (Å²) in [4.78, 5) is 22.8. The summed E-state index contributed by atoms with van der Waals surface area (Å²) in [5, 5.41) is 11.5. The first-order valence-electron chi connectivity index (χ1n) is 5.63. The summed E-state index contributed by atoms with van der Waals surface area (Å²) < 4.78 is 1.74. The Balaban J connectivity index is 2.77. The number of amides is 1. The second-order valence-corrected chi connectivity index (χ2v) is 4.07. The first-order valence-corrected chi connectivity index (χ1v) is 5.63. The van der Waals surface area contributed by atoms with Gasteiger partial charge in [0.15, 0.2) is 0 Å². The number of hydrogen-bond donors (Lipinski definition) is 2. The van der Waals surface area contributed by atoms with Gasteiger partial charge in [0.1, 0.15) is 11.7 Å². The van der Waals surface area contributed by atoms with Crippen molar-refractivity contribution in [3.8, 4) is 0 Å². The third kappa shape index (κ3) is 3.09. The van der Waals surface area contributed by atoms with Crippen molar-refractivity contribution in [1.82, 2.24) is 9.88 Å². The van der Waals surface area contributed by atoms with Gasteiger partial charge in [-0.25, -0.2) is 4.79 Å². The summed E-state index contributed by atoms with van der Waals surface area (Å²) in [6.07, 6.45) is 1.15. The SMILES string of the molecule is CCCC(NC(=O)c1ccc(C)n1C)C(=O)O. The number of carbonyl (C=O) groups excluding carboxylic acids is 1. The minimum Gasteiger partial charge on any atom is -0.480 e. The molecule has 17 heavy (non-hydrogen) atoms. The second kappa shape index (κ2) is 5.52. The molecule has 1 atom stereocenters. The van der Waals surface area contributed by atoms with Gasteiger partial charge in [0.2, 0.25) is 0 Å². The number of carboxylic acid groups (broad SMARTS) is 1. The maximum atomic E-state index is 11.9. The summed E-state index contributed by atoms with van der Waals surface area (Å²) in [5.41, 5.74) is 1.43. The fourth-order valence-corrected chi connectivity index (χ4v) is 1.62. The van der Waals surface area contributed by atoms with Crippen molar-refractivity contribution in [3.63, 3.8) is 0 Å². The molecule has 2 N–H and O–H groups in total. The molecule has 1 rings (SSSR count). The van der Waals surface area contributed by atoms with Crippen LogP contribution in [0, 0.1) is 6.92 Å². The molecule has 0 aliphatic carbocycles. The smallest absolute Gasteiger partial charge is 0.326 e. The van der Waals surface area contributed by atoms with E-state index in [9.17, 15) is 9.59 Å². The van der Waals surface area contributed by atoms with Gasteiger partial charge in [0.05, 0.1) is 0 Å². The van der Waals surface area contributed by atoms with Gasteiger partial charge in [0.25, 0.3) is 5.91 Å². The van der Waals surface area contributed by atoms with Crippen LogP contribution in [0.2, 0.25) is 0 Å². The van der Waals surface area contributed by atoms with Crippen molar-refractivity contribution < 1.29 is 14.7 Å². The van der Waals surface area contributed by atoms with E-state index in [2.05, 4.69) is 5.32 Å². The number of aliphatic carboxylic acids is 1. The van der Waals surface area contributed by atoms with Gasteiger partial charge in [-0.15, -0.1) is 0 Å². The van der Waals surface area contributed by atoms with Crippen molar-refractivity contribution >= 4 is 11.9 Å². The Morgan fingerprint density at radius 3 is 2.53 bits per heavy atom. The number of hydrogen-bond acceptors (Lipinski definition) is 2. The first kappa shape index (κ1) is 13.3. The van der Waals surface area contributed by atoms with Crippen LogP contribution in [0.15, 0.2) is 12.1 Å². The van der Waals surface area contributed by atoms with Crippen LogP contribution in [-0.4, -0.2) is 27.6 Å². The molecule has 5 heteroatoms. The summed E-state index contributed by atoms with van der Waals surface area (Å²) in [6, 6.07) is 2.70. The van der Waals surface area contributed by atoms with Crippen LogP contribution in [-0.2, 0) is 11.8 Å². The standard InChI is InChI=1S/C12H18N2O3/c1-4-5-9(12(16)17)13-11(15)10-7-6-8(2)14(10)3/h6-7,9H,4-5H2,1-3H3,(H,13,15)(H,16,17). The highest BCUT2D eigenvalue weighted by atomic mass is 16.4. The molecule has 5 nitrogen and oxygen atoms in total. The molecule has 1 heterocycles. The Kier molecular flexibility index (Phi) is 4.31. The van der Waals surface area contributed by atoms with Gasteiger partial charge in [0, 0.05) is 12.7 Å². The molecule has 1 aromatic heterocycles. The molecule has 1 unspecified atom stereocenters. The fourth-order valence-electron chi connectivity index (χ4n) is 1.62. The van der Waals surface area contributed by atoms with Crippen LogP contribution >= 0.6 is 0 Å². The highest BCUT2D eigenvalue weighted by molar-refractivity contribution is 5.95. The van der Waals surface area contributed by atoms with Gasteiger partial charge in [-0.3, -0.25) is 4.79 Å². The molecular weight excluding hydrogens is 220 g/mol. The van der Waals surface area contributed by atoms with Gasteiger partial charge in [-0.2, -0.15) is 0 Å². The van der Waals surface area contributed by atoms with Crippen LogP contribution in [0.5, 0.6) is 0 Å². The van der Waals surface area contributed by atoms with Crippen molar-refractivity contribution in [2.24, 2.45) is 7.05 Å². The van der Waals surface area contributed by atoms with Crippen molar-refractivity contribution in [2.45, 2.75) is 32.7 Å². The molecule has 0 fully saturated rings. The third-order valence-electron chi connectivity index (χ3n) is 2.79. The molecular formula is C12H18N2O3. The Labute approximate surface area is 100 Å². The van der Waals surface area contributed by atoms with Gasteiger partial charge >= 0.3 is 5.97 Å². The van der Waals surface area contributed by atoms with E-state index in [0.717, 1.165) is 5.69 Å². The lowest BCUT2D eigenvalue weighted by Crippen LogP contribution is -2.41. The van der Waals surface area contributed by atoms with Crippen LogP contribution in [0.1, 0.15) is 35.9 Å². The Bertz CT molecular complexity index is 423. The minimum atomic E-state index is -0.994. The lowest BCUT2D eigenvalue weighted by Gasteiger charge is -2.14. The topological polar surface area (TPSA) is 71.3 Å². The van der Waals surface area contributed by atoms with Crippen molar-refractivity contribution in [2.75, 3.05) is 0 Å². The molecule has 0 radical (unpaired) electrons. The number of carboxylic acids is 1. The molecule has 0 spiro atoms. The van der Waals surface area contributed by atoms with E-state index >= 15 is 0 Å². The van der Waals surface area contributed by atoms with Gasteiger partial charge in [-0.1, -0.05) is 13.3 Å². The normalized spacial score (nSPS) is 12.2. The third-order valence-corrected chi connectivity index (χ3v) is 2.79. The van der Waals surface area contributed by atoms with Gasteiger partial charge < -0.3 is 15.0 Å². The molecule has 0 saturated heterocycles. The molecule has 1 amide bonds. The van der Waals surface area contributed by atoms with Gasteiger partial charge in [-0.05, 0) is 25.5 Å². The van der Waals surface area contributed by atoms with Crippen LogP contribution in [0.3, 0.4) is 0 Å². The largest absolute Gasteiger partial charge is 0.480 e. The lowest BCUT2D eigenvalue weighted by atomic mass is 10.1. The number of carbonyl (C=O) groups is 2. The first-order chi connectivity index (χ1) is 7.97. The summed E-state index contributed by atoms with van der Waals surface area (Å²) in [5.74, 6) is -1.34. The lowest BCUT2D eigenvalue weighted by molar-refractivity contribution is -0.139. The average Bonchev–Trinajstić information content (AvgIpc) is 2.59. The molecule has 1 aromatic rings. The zero-order valence-corrected chi connectivity index (χ0v) is 10.4. The number of nitrogens with one attached hydrogen (secondary N) is 1. The van der Waals surface area contributed by atoms with E-state index in [1.807, 2.05) is 19.9 Å². The maximum absolute atomic E-state index is 11.9. The van der Waals surface area contributed by atoms with Crippen LogP contribution in [0.25, 0.3) is 0 Å². The van der Waals surface area contributed by atoms with E-state index in [4.69, 9.17) is 5.11 Å². The Morgan fingerprint density at radius 2 is 2.12 bits per heavy atom. The Hall–Kier alpha value is -1.78. The highest BCUT2D eigenvalue weighted by Crippen LogP contribution is 2.07. The molecule has 0 aliphatic rings. The monoisotopic (exact) mass is 238 g/mol. The average molecular weight is 238 g/mol. The molecule has 0 saturated carbocycles. The van der Waals surface area contributed by atoms with Crippen molar-refractivity contribution in [3.05, 3.63) is 23.5 Å². The number of rotatable bonds is 5. The molecule has 0 aromatic carbocycles. The Morgan fingerprint density at radius 1 is 1.47 bits per heavy atom. The van der Waals surface area contributed by atoms with Crippen LogP contribution < -0.4 is 5.32 Å². The highest BCUT2D eigenvalue weighted by Gasteiger charge is 2.20. The fraction of sp³-hybridized carbons (Fsp3) is 0.500. The van der Waals surface area contributed by atoms with E-state index < -0.39 is 12.0 Å². The minimum absolute atomic E-state index is 0.346. The maximum Gasteiger partial charge on any atom is 0.326 e. The van der Waals surface area contributed by atoms with E-state index in [-0.39, 0.29) is 5.91 Å². The van der Waals surface area contributed by atoms with Crippen molar-refractivity contribution in [1.29, 1.82) is 0 Å². The zero-order chi connectivity index (χ0) is 13.0. The van der Waals surface area contributed by atoms with E-state index in [1.165, 1.54) is 0 Å². The van der Waals surface area contributed by atoms with E-state index in [0.29, 0.717) is 18.5 Å². The molecule has 0 aliphatic heterocycles. The quantitative estimate of drug-likeness (QED) is 0.812. The molecule has 0 bridgehead atoms. The van der Waals surface area contributed by atoms with E-state index in [1.54, 1.807) is 17.7 Å².